The average molecular weight is 424 g/mol. The molecule has 3 aromatic rings. The lowest BCUT2D eigenvalue weighted by molar-refractivity contribution is -0.122. The molecule has 0 radical (unpaired) electrons. The second-order valence-corrected chi connectivity index (χ2v) is 8.94. The summed E-state index contributed by atoms with van der Waals surface area (Å²) in [5, 5.41) is 6.24. The van der Waals surface area contributed by atoms with Crippen molar-refractivity contribution in [2.45, 2.75) is 11.8 Å². The van der Waals surface area contributed by atoms with Gasteiger partial charge in [0.15, 0.2) is 0 Å². The molecule has 0 unspecified atom stereocenters. The number of hydrogen-bond donors (Lipinski definition) is 2. The molecule has 0 aliphatic carbocycles. The summed E-state index contributed by atoms with van der Waals surface area (Å²) < 4.78 is 26.9. The zero-order valence-electron chi connectivity index (χ0n) is 16.3. The van der Waals surface area contributed by atoms with Gasteiger partial charge in [0.2, 0.25) is 15.9 Å². The fourth-order valence-electron chi connectivity index (χ4n) is 3.38. The van der Waals surface area contributed by atoms with E-state index >= 15 is 0 Å². The third-order valence-corrected chi connectivity index (χ3v) is 6.80. The van der Waals surface area contributed by atoms with Crippen molar-refractivity contribution < 1.29 is 18.0 Å². The van der Waals surface area contributed by atoms with Gasteiger partial charge in [0.25, 0.3) is 5.91 Å². The van der Waals surface area contributed by atoms with Crippen molar-refractivity contribution >= 4 is 38.4 Å². The van der Waals surface area contributed by atoms with Crippen LogP contribution < -0.4 is 10.6 Å². The Labute approximate surface area is 174 Å². The number of amides is 2. The minimum atomic E-state index is -3.88. The van der Waals surface area contributed by atoms with Gasteiger partial charge in [-0.05, 0) is 48.9 Å². The predicted octanol–water partition coefficient (Wildman–Crippen LogP) is 1.92. The van der Waals surface area contributed by atoms with E-state index in [0.717, 1.165) is 20.8 Å². The van der Waals surface area contributed by atoms with E-state index in [1.54, 1.807) is 24.4 Å². The molecule has 1 saturated heterocycles. The highest BCUT2D eigenvalue weighted by Crippen LogP contribution is 2.25. The van der Waals surface area contributed by atoms with Crippen LogP contribution in [0.1, 0.15) is 15.9 Å². The van der Waals surface area contributed by atoms with Gasteiger partial charge < -0.3 is 10.6 Å². The van der Waals surface area contributed by atoms with Crippen molar-refractivity contribution in [3.05, 3.63) is 65.9 Å². The number of carbonyl (C=O) groups excluding carboxylic acids is 2. The second kappa shape index (κ2) is 7.85. The number of aryl methyl sites for hydroxylation is 1. The van der Waals surface area contributed by atoms with Gasteiger partial charge in [-0.3, -0.25) is 14.6 Å². The molecule has 1 aromatic heterocycles. The number of anilines is 1. The number of rotatable bonds is 4. The van der Waals surface area contributed by atoms with Gasteiger partial charge in [-0.2, -0.15) is 4.31 Å². The molecule has 1 aliphatic heterocycles. The van der Waals surface area contributed by atoms with Crippen LogP contribution in [-0.2, 0) is 14.8 Å². The van der Waals surface area contributed by atoms with E-state index in [4.69, 9.17) is 0 Å². The molecule has 2 amide bonds. The highest BCUT2D eigenvalue weighted by atomic mass is 32.2. The van der Waals surface area contributed by atoms with E-state index in [9.17, 15) is 18.0 Å². The molecule has 1 aliphatic rings. The molecule has 9 heteroatoms. The maximum Gasteiger partial charge on any atom is 0.255 e. The van der Waals surface area contributed by atoms with Crippen LogP contribution in [-0.4, -0.2) is 49.2 Å². The summed E-state index contributed by atoms with van der Waals surface area (Å²) in [5.41, 5.74) is 2.57. The lowest BCUT2D eigenvalue weighted by Gasteiger charge is -2.26. The highest BCUT2D eigenvalue weighted by molar-refractivity contribution is 7.89. The minimum Gasteiger partial charge on any atom is -0.354 e. The molecule has 0 atom stereocenters. The first-order chi connectivity index (χ1) is 14.4. The molecule has 2 aromatic carbocycles. The van der Waals surface area contributed by atoms with Crippen molar-refractivity contribution in [1.82, 2.24) is 14.6 Å². The fraction of sp³-hybridized carbons (Fsp3) is 0.190. The van der Waals surface area contributed by atoms with Crippen LogP contribution in [0.2, 0.25) is 0 Å². The van der Waals surface area contributed by atoms with E-state index in [1.165, 1.54) is 18.2 Å². The molecule has 30 heavy (non-hydrogen) atoms. The van der Waals surface area contributed by atoms with Gasteiger partial charge in [0.1, 0.15) is 0 Å². The molecule has 1 fully saturated rings. The molecule has 0 bridgehead atoms. The summed E-state index contributed by atoms with van der Waals surface area (Å²) in [4.78, 5) is 28.8. The number of aromatic nitrogens is 1. The van der Waals surface area contributed by atoms with E-state index in [1.807, 2.05) is 19.1 Å². The maximum absolute atomic E-state index is 12.9. The van der Waals surface area contributed by atoms with Crippen LogP contribution >= 0.6 is 0 Å². The van der Waals surface area contributed by atoms with Gasteiger partial charge in [-0.1, -0.05) is 12.1 Å². The standard InChI is InChI=1S/C21H20N4O4S/c1-14-7-8-18(17-6-3-9-23-20(14)17)24-21(27)15-4-2-5-16(12-15)30(28,29)25-11-10-22-19(26)13-25/h2-9,12H,10-11,13H2,1H3,(H,22,26)(H,24,27). The van der Waals surface area contributed by atoms with Crippen LogP contribution in [0.5, 0.6) is 0 Å². The Hall–Kier alpha value is -3.30. The SMILES string of the molecule is Cc1ccc(NC(=O)c2cccc(S(=O)(=O)N3CCNC(=O)C3)c2)c2cccnc12. The Balaban J connectivity index is 1.62. The summed E-state index contributed by atoms with van der Waals surface area (Å²) in [6, 6.07) is 13.1. The van der Waals surface area contributed by atoms with Gasteiger partial charge in [-0.15, -0.1) is 0 Å². The van der Waals surface area contributed by atoms with Gasteiger partial charge in [-0.25, -0.2) is 8.42 Å². The number of sulfonamides is 1. The number of nitrogens with zero attached hydrogens (tertiary/aromatic N) is 2. The van der Waals surface area contributed by atoms with Crippen molar-refractivity contribution in [2.75, 3.05) is 25.0 Å². The zero-order chi connectivity index (χ0) is 21.3. The van der Waals surface area contributed by atoms with Crippen LogP contribution in [0.25, 0.3) is 10.9 Å². The molecular weight excluding hydrogens is 404 g/mol. The Kier molecular flexibility index (Phi) is 5.23. The molecule has 2 heterocycles. The zero-order valence-corrected chi connectivity index (χ0v) is 17.1. The quantitative estimate of drug-likeness (QED) is 0.665. The van der Waals surface area contributed by atoms with Crippen molar-refractivity contribution in [3.8, 4) is 0 Å². The molecule has 0 spiro atoms. The molecule has 0 saturated carbocycles. The Bertz CT molecular complexity index is 1260. The number of pyridine rings is 1. The summed E-state index contributed by atoms with van der Waals surface area (Å²) in [5.74, 6) is -0.781. The Morgan fingerprint density at radius 3 is 2.80 bits per heavy atom. The number of fused-ring (bicyclic) bond motifs is 1. The van der Waals surface area contributed by atoms with Gasteiger partial charge in [0.05, 0.1) is 22.6 Å². The second-order valence-electron chi connectivity index (χ2n) is 7.00. The molecule has 2 N–H and O–H groups in total. The first kappa shape index (κ1) is 20.0. The third kappa shape index (κ3) is 3.77. The predicted molar refractivity (Wildman–Crippen MR) is 113 cm³/mol. The molecule has 154 valence electrons. The molecule has 8 nitrogen and oxygen atoms in total. The number of hydrogen-bond acceptors (Lipinski definition) is 5. The van der Waals surface area contributed by atoms with Crippen LogP contribution in [0.3, 0.4) is 0 Å². The van der Waals surface area contributed by atoms with Gasteiger partial charge in [0, 0.05) is 30.2 Å². The summed E-state index contributed by atoms with van der Waals surface area (Å²) in [6.07, 6.45) is 1.69. The smallest absolute Gasteiger partial charge is 0.255 e. The third-order valence-electron chi connectivity index (χ3n) is 4.96. The van der Waals surface area contributed by atoms with Crippen molar-refractivity contribution in [2.24, 2.45) is 0 Å². The van der Waals surface area contributed by atoms with Crippen LogP contribution in [0.4, 0.5) is 5.69 Å². The molecular formula is C21H20N4O4S. The summed E-state index contributed by atoms with van der Waals surface area (Å²) in [7, 11) is -3.88. The van der Waals surface area contributed by atoms with E-state index in [0.29, 0.717) is 5.69 Å². The first-order valence-corrected chi connectivity index (χ1v) is 10.8. The van der Waals surface area contributed by atoms with E-state index < -0.39 is 15.9 Å². The normalized spacial score (nSPS) is 15.0. The minimum absolute atomic E-state index is 0.0275. The van der Waals surface area contributed by atoms with Crippen LogP contribution in [0, 0.1) is 6.92 Å². The van der Waals surface area contributed by atoms with E-state index in [-0.39, 0.29) is 36.0 Å². The monoisotopic (exact) mass is 424 g/mol. The number of carbonyl (C=O) groups is 2. The van der Waals surface area contributed by atoms with Crippen molar-refractivity contribution in [1.29, 1.82) is 0 Å². The van der Waals surface area contributed by atoms with E-state index in [2.05, 4.69) is 15.6 Å². The van der Waals surface area contributed by atoms with Crippen molar-refractivity contribution in [3.63, 3.8) is 0 Å². The number of nitrogens with one attached hydrogen (secondary N) is 2. The largest absolute Gasteiger partial charge is 0.354 e. The number of benzene rings is 2. The Morgan fingerprint density at radius 2 is 2.00 bits per heavy atom. The van der Waals surface area contributed by atoms with Crippen LogP contribution in [0.15, 0.2) is 59.6 Å². The number of piperazine rings is 1. The summed E-state index contributed by atoms with van der Waals surface area (Å²) >= 11 is 0. The topological polar surface area (TPSA) is 108 Å². The van der Waals surface area contributed by atoms with Gasteiger partial charge >= 0.3 is 0 Å². The fourth-order valence-corrected chi connectivity index (χ4v) is 4.83. The maximum atomic E-state index is 12.9. The lowest BCUT2D eigenvalue weighted by atomic mass is 10.1. The Morgan fingerprint density at radius 1 is 1.17 bits per heavy atom. The molecule has 4 rings (SSSR count). The summed E-state index contributed by atoms with van der Waals surface area (Å²) in [6.45, 7) is 2.15. The highest BCUT2D eigenvalue weighted by Gasteiger charge is 2.29. The first-order valence-electron chi connectivity index (χ1n) is 9.39. The lowest BCUT2D eigenvalue weighted by Crippen LogP contribution is -2.49. The average Bonchev–Trinajstić information content (AvgIpc) is 2.76.